The maximum atomic E-state index is 12.4. The van der Waals surface area contributed by atoms with E-state index in [0.29, 0.717) is 18.0 Å². The molecule has 0 saturated carbocycles. The molecule has 3 rings (SSSR count). The second kappa shape index (κ2) is 6.74. The number of ether oxygens (including phenoxy) is 1. The summed E-state index contributed by atoms with van der Waals surface area (Å²) in [4.78, 5) is 19.5. The van der Waals surface area contributed by atoms with Crippen LogP contribution >= 0.6 is 0 Å². The Morgan fingerprint density at radius 1 is 1.25 bits per heavy atom. The van der Waals surface area contributed by atoms with Gasteiger partial charge in [0, 0.05) is 17.7 Å². The summed E-state index contributed by atoms with van der Waals surface area (Å²) in [5, 5.41) is 2.94. The lowest BCUT2D eigenvalue weighted by Gasteiger charge is -2.13. The van der Waals surface area contributed by atoms with Gasteiger partial charge in [-0.1, -0.05) is 26.0 Å². The third-order valence-corrected chi connectivity index (χ3v) is 4.10. The fourth-order valence-electron chi connectivity index (χ4n) is 2.62. The number of aromatic amines is 1. The molecule has 0 bridgehead atoms. The smallest absolute Gasteiger partial charge is 0.251 e. The van der Waals surface area contributed by atoms with Crippen molar-refractivity contribution in [3.05, 3.63) is 59.4 Å². The van der Waals surface area contributed by atoms with Crippen molar-refractivity contribution in [2.24, 2.45) is 0 Å². The van der Waals surface area contributed by atoms with E-state index in [1.807, 2.05) is 18.2 Å². The van der Waals surface area contributed by atoms with Gasteiger partial charge in [-0.25, -0.2) is 4.98 Å². The highest BCUT2D eigenvalue weighted by molar-refractivity contribution is 5.97. The van der Waals surface area contributed by atoms with Crippen molar-refractivity contribution < 1.29 is 9.53 Å². The number of methoxy groups -OCH3 is 1. The van der Waals surface area contributed by atoms with Gasteiger partial charge >= 0.3 is 0 Å². The first-order chi connectivity index (χ1) is 11.6. The van der Waals surface area contributed by atoms with Crippen molar-refractivity contribution in [3.63, 3.8) is 0 Å². The number of carbonyl (C=O) groups is 1. The van der Waals surface area contributed by atoms with Gasteiger partial charge in [-0.05, 0) is 35.7 Å². The van der Waals surface area contributed by atoms with Crippen LogP contribution in [0.1, 0.15) is 41.3 Å². The number of amides is 1. The third-order valence-electron chi connectivity index (χ3n) is 4.10. The summed E-state index contributed by atoms with van der Waals surface area (Å²) in [7, 11) is 1.65. The summed E-state index contributed by atoms with van der Waals surface area (Å²) >= 11 is 0. The molecule has 2 aromatic carbocycles. The van der Waals surface area contributed by atoms with Gasteiger partial charge < -0.3 is 15.0 Å². The molecule has 124 valence electrons. The Labute approximate surface area is 141 Å². The number of imidazole rings is 1. The fraction of sp³-hybridized carbons (Fsp3) is 0.263. The minimum Gasteiger partial charge on any atom is -0.496 e. The molecular weight excluding hydrogens is 302 g/mol. The molecule has 1 amide bonds. The van der Waals surface area contributed by atoms with Gasteiger partial charge in [-0.3, -0.25) is 4.79 Å². The zero-order valence-electron chi connectivity index (χ0n) is 14.1. The topological polar surface area (TPSA) is 67.0 Å². The second-order valence-corrected chi connectivity index (χ2v) is 6.04. The van der Waals surface area contributed by atoms with E-state index in [0.717, 1.165) is 22.3 Å². The number of nitrogens with zero attached hydrogens (tertiary/aromatic N) is 1. The van der Waals surface area contributed by atoms with Gasteiger partial charge in [0.2, 0.25) is 0 Å². The molecule has 0 atom stereocenters. The van der Waals surface area contributed by atoms with Crippen LogP contribution in [0.15, 0.2) is 42.7 Å². The summed E-state index contributed by atoms with van der Waals surface area (Å²) in [6.45, 7) is 4.70. The first-order valence-corrected chi connectivity index (χ1v) is 7.96. The fourth-order valence-corrected chi connectivity index (χ4v) is 2.62. The van der Waals surface area contributed by atoms with E-state index in [9.17, 15) is 4.79 Å². The van der Waals surface area contributed by atoms with Crippen LogP contribution in [0.2, 0.25) is 0 Å². The molecule has 0 spiro atoms. The number of rotatable bonds is 5. The number of H-pyrrole nitrogens is 1. The van der Waals surface area contributed by atoms with E-state index >= 15 is 0 Å². The van der Waals surface area contributed by atoms with Crippen LogP contribution in [0.4, 0.5) is 0 Å². The number of aromatic nitrogens is 2. The summed E-state index contributed by atoms with van der Waals surface area (Å²) in [6, 6.07) is 11.5. The van der Waals surface area contributed by atoms with Crippen LogP contribution in [-0.4, -0.2) is 23.0 Å². The van der Waals surface area contributed by atoms with E-state index in [4.69, 9.17) is 4.74 Å². The Bertz CT molecular complexity index is 868. The molecule has 0 fully saturated rings. The molecule has 0 unspecified atom stereocenters. The molecule has 0 aliphatic heterocycles. The summed E-state index contributed by atoms with van der Waals surface area (Å²) in [6.07, 6.45) is 1.62. The maximum Gasteiger partial charge on any atom is 0.251 e. The first kappa shape index (κ1) is 16.1. The first-order valence-electron chi connectivity index (χ1n) is 7.96. The quantitative estimate of drug-likeness (QED) is 0.753. The molecule has 5 heteroatoms. The van der Waals surface area contributed by atoms with Gasteiger partial charge in [-0.2, -0.15) is 0 Å². The van der Waals surface area contributed by atoms with E-state index in [2.05, 4.69) is 35.2 Å². The molecule has 2 N–H and O–H groups in total. The Morgan fingerprint density at radius 2 is 2.08 bits per heavy atom. The minimum atomic E-state index is -0.124. The van der Waals surface area contributed by atoms with Crippen molar-refractivity contribution in [3.8, 4) is 5.75 Å². The highest BCUT2D eigenvalue weighted by atomic mass is 16.5. The zero-order valence-corrected chi connectivity index (χ0v) is 14.1. The van der Waals surface area contributed by atoms with Gasteiger partial charge in [0.1, 0.15) is 5.75 Å². The molecule has 1 aromatic heterocycles. The number of hydrogen-bond acceptors (Lipinski definition) is 3. The Balaban J connectivity index is 1.73. The zero-order chi connectivity index (χ0) is 17.1. The van der Waals surface area contributed by atoms with Crippen LogP contribution in [0, 0.1) is 0 Å². The van der Waals surface area contributed by atoms with E-state index in [1.54, 1.807) is 25.6 Å². The molecule has 5 nitrogen and oxygen atoms in total. The van der Waals surface area contributed by atoms with Crippen molar-refractivity contribution >= 4 is 16.9 Å². The molecular formula is C19H21N3O2. The van der Waals surface area contributed by atoms with Crippen molar-refractivity contribution in [1.29, 1.82) is 0 Å². The van der Waals surface area contributed by atoms with Crippen LogP contribution in [0.3, 0.4) is 0 Å². The van der Waals surface area contributed by atoms with Crippen molar-refractivity contribution in [2.45, 2.75) is 26.3 Å². The molecule has 0 aliphatic carbocycles. The van der Waals surface area contributed by atoms with Gasteiger partial charge in [0.15, 0.2) is 0 Å². The molecule has 0 radical (unpaired) electrons. The standard InChI is InChI=1S/C19H21N3O2/c1-12(2)13-4-5-15(18(9-13)24-3)10-20-19(23)14-6-7-16-17(8-14)22-11-21-16/h4-9,11-12H,10H2,1-3H3,(H,20,23)(H,21,22). The molecule has 24 heavy (non-hydrogen) atoms. The third kappa shape index (κ3) is 3.25. The van der Waals surface area contributed by atoms with Crippen LogP contribution in [0.25, 0.3) is 11.0 Å². The summed E-state index contributed by atoms with van der Waals surface area (Å²) in [5.41, 5.74) is 4.47. The molecule has 3 aromatic rings. The largest absolute Gasteiger partial charge is 0.496 e. The second-order valence-electron chi connectivity index (χ2n) is 6.04. The minimum absolute atomic E-state index is 0.124. The molecule has 0 aliphatic rings. The highest BCUT2D eigenvalue weighted by Crippen LogP contribution is 2.24. The SMILES string of the molecule is COc1cc(C(C)C)ccc1CNC(=O)c1ccc2nc[nH]c2c1. The van der Waals surface area contributed by atoms with Crippen molar-refractivity contribution in [2.75, 3.05) is 7.11 Å². The Hall–Kier alpha value is -2.82. The molecule has 0 saturated heterocycles. The average molecular weight is 323 g/mol. The lowest BCUT2D eigenvalue weighted by Crippen LogP contribution is -2.23. The van der Waals surface area contributed by atoms with Crippen LogP contribution in [0.5, 0.6) is 5.75 Å². The molecule has 1 heterocycles. The van der Waals surface area contributed by atoms with Gasteiger partial charge in [0.05, 0.1) is 24.5 Å². The van der Waals surface area contributed by atoms with E-state index in [-0.39, 0.29) is 5.91 Å². The monoisotopic (exact) mass is 323 g/mol. The maximum absolute atomic E-state index is 12.4. The number of benzene rings is 2. The average Bonchev–Trinajstić information content (AvgIpc) is 3.06. The highest BCUT2D eigenvalue weighted by Gasteiger charge is 2.10. The van der Waals surface area contributed by atoms with Crippen LogP contribution in [-0.2, 0) is 6.54 Å². The summed E-state index contributed by atoms with van der Waals surface area (Å²) in [5.74, 6) is 1.11. The Morgan fingerprint density at radius 3 is 2.83 bits per heavy atom. The lowest BCUT2D eigenvalue weighted by atomic mass is 10.0. The lowest BCUT2D eigenvalue weighted by molar-refractivity contribution is 0.0951. The van der Waals surface area contributed by atoms with Gasteiger partial charge in [0.25, 0.3) is 5.91 Å². The number of fused-ring (bicyclic) bond motifs is 1. The van der Waals surface area contributed by atoms with Crippen molar-refractivity contribution in [1.82, 2.24) is 15.3 Å². The predicted octanol–water partition coefficient (Wildman–Crippen LogP) is 3.62. The number of nitrogens with one attached hydrogen (secondary N) is 2. The van der Waals surface area contributed by atoms with E-state index in [1.165, 1.54) is 5.56 Å². The van der Waals surface area contributed by atoms with Crippen LogP contribution < -0.4 is 10.1 Å². The van der Waals surface area contributed by atoms with Gasteiger partial charge in [-0.15, -0.1) is 0 Å². The predicted molar refractivity (Wildman–Crippen MR) is 94.3 cm³/mol. The normalized spacial score (nSPS) is 11.0. The van der Waals surface area contributed by atoms with E-state index < -0.39 is 0 Å². The summed E-state index contributed by atoms with van der Waals surface area (Å²) < 4.78 is 5.46. The Kier molecular flexibility index (Phi) is 4.51. The number of hydrogen-bond donors (Lipinski definition) is 2. The number of carbonyl (C=O) groups excluding carboxylic acids is 1.